The van der Waals surface area contributed by atoms with Crippen LogP contribution in [0.1, 0.15) is 35.8 Å². The van der Waals surface area contributed by atoms with Crippen molar-refractivity contribution < 1.29 is 4.42 Å². The molecule has 1 aromatic carbocycles. The smallest absolute Gasteiger partial charge is 0.198 e. The fourth-order valence-corrected chi connectivity index (χ4v) is 3.05. The second kappa shape index (κ2) is 4.48. The molecule has 2 fully saturated rings. The fourth-order valence-electron chi connectivity index (χ4n) is 3.05. The predicted octanol–water partition coefficient (Wildman–Crippen LogP) is 2.73. The molecule has 1 aromatic heterocycles. The van der Waals surface area contributed by atoms with Crippen molar-refractivity contribution >= 4 is 16.8 Å². The standard InChI is InChI=1S/C16H21N3O/c1-10-11(2)15-13(18-16(20-15)12-3-4-12)9-14(10)19-7-5-17-6-8-19/h9,12,17H,3-8H2,1-2H3. The molecule has 1 aliphatic carbocycles. The van der Waals surface area contributed by atoms with Crippen molar-refractivity contribution in [3.05, 3.63) is 23.1 Å². The summed E-state index contributed by atoms with van der Waals surface area (Å²) < 4.78 is 6.00. The Kier molecular flexibility index (Phi) is 2.74. The van der Waals surface area contributed by atoms with E-state index in [9.17, 15) is 0 Å². The van der Waals surface area contributed by atoms with E-state index in [1.165, 1.54) is 29.7 Å². The van der Waals surface area contributed by atoms with Crippen LogP contribution < -0.4 is 10.2 Å². The minimum Gasteiger partial charge on any atom is -0.440 e. The van der Waals surface area contributed by atoms with Gasteiger partial charge in [-0.25, -0.2) is 4.98 Å². The van der Waals surface area contributed by atoms with Gasteiger partial charge in [-0.15, -0.1) is 0 Å². The molecule has 0 amide bonds. The van der Waals surface area contributed by atoms with Crippen molar-refractivity contribution in [2.24, 2.45) is 0 Å². The number of piperazine rings is 1. The summed E-state index contributed by atoms with van der Waals surface area (Å²) in [6.45, 7) is 8.61. The number of aromatic nitrogens is 1. The number of aryl methyl sites for hydroxylation is 1. The van der Waals surface area contributed by atoms with E-state index in [-0.39, 0.29) is 0 Å². The summed E-state index contributed by atoms with van der Waals surface area (Å²) in [5, 5.41) is 3.41. The first-order chi connectivity index (χ1) is 9.74. The summed E-state index contributed by atoms with van der Waals surface area (Å²) in [5.41, 5.74) is 5.92. The van der Waals surface area contributed by atoms with Crippen LogP contribution in [0.3, 0.4) is 0 Å². The molecule has 2 aliphatic rings. The van der Waals surface area contributed by atoms with E-state index in [0.29, 0.717) is 5.92 Å². The van der Waals surface area contributed by atoms with Crippen molar-refractivity contribution in [3.8, 4) is 0 Å². The lowest BCUT2D eigenvalue weighted by Crippen LogP contribution is -2.43. The summed E-state index contributed by atoms with van der Waals surface area (Å²) >= 11 is 0. The number of hydrogen-bond donors (Lipinski definition) is 1. The van der Waals surface area contributed by atoms with Gasteiger partial charge in [0, 0.05) is 37.8 Å². The third-order valence-corrected chi connectivity index (χ3v) is 4.61. The Bertz CT molecular complexity index is 651. The first-order valence-corrected chi connectivity index (χ1v) is 7.60. The van der Waals surface area contributed by atoms with E-state index in [1.807, 2.05) is 0 Å². The minimum absolute atomic E-state index is 0.574. The lowest BCUT2D eigenvalue weighted by Gasteiger charge is -2.31. The van der Waals surface area contributed by atoms with Crippen LogP contribution in [0.25, 0.3) is 11.1 Å². The molecular formula is C16H21N3O. The van der Waals surface area contributed by atoms with Crippen molar-refractivity contribution in [3.63, 3.8) is 0 Å². The predicted molar refractivity (Wildman–Crippen MR) is 80.5 cm³/mol. The minimum atomic E-state index is 0.574. The summed E-state index contributed by atoms with van der Waals surface area (Å²) in [6, 6.07) is 2.22. The summed E-state index contributed by atoms with van der Waals surface area (Å²) in [6.07, 6.45) is 2.46. The maximum atomic E-state index is 6.00. The van der Waals surface area contributed by atoms with Gasteiger partial charge in [-0.1, -0.05) is 0 Å². The second-order valence-electron chi connectivity index (χ2n) is 6.06. The van der Waals surface area contributed by atoms with Crippen LogP contribution in [0.2, 0.25) is 0 Å². The van der Waals surface area contributed by atoms with E-state index in [4.69, 9.17) is 9.40 Å². The number of anilines is 1. The number of benzene rings is 1. The zero-order valence-electron chi connectivity index (χ0n) is 12.2. The van der Waals surface area contributed by atoms with Gasteiger partial charge in [0.1, 0.15) is 5.52 Å². The van der Waals surface area contributed by atoms with Gasteiger partial charge < -0.3 is 14.6 Å². The normalized spacial score (nSPS) is 19.8. The average molecular weight is 271 g/mol. The van der Waals surface area contributed by atoms with Crippen LogP contribution >= 0.6 is 0 Å². The Morgan fingerprint density at radius 2 is 1.95 bits per heavy atom. The van der Waals surface area contributed by atoms with Crippen LogP contribution in [-0.4, -0.2) is 31.2 Å². The van der Waals surface area contributed by atoms with Gasteiger partial charge >= 0.3 is 0 Å². The van der Waals surface area contributed by atoms with Gasteiger partial charge in [-0.05, 0) is 43.9 Å². The van der Waals surface area contributed by atoms with Crippen molar-refractivity contribution in [1.29, 1.82) is 0 Å². The van der Waals surface area contributed by atoms with E-state index in [1.54, 1.807) is 0 Å². The Labute approximate surface area is 119 Å². The summed E-state index contributed by atoms with van der Waals surface area (Å²) in [5.74, 6) is 1.52. The van der Waals surface area contributed by atoms with Gasteiger partial charge in [0.25, 0.3) is 0 Å². The van der Waals surface area contributed by atoms with E-state index < -0.39 is 0 Å². The third-order valence-electron chi connectivity index (χ3n) is 4.61. The number of nitrogens with zero attached hydrogens (tertiary/aromatic N) is 2. The van der Waals surface area contributed by atoms with Crippen molar-refractivity contribution in [2.75, 3.05) is 31.1 Å². The lowest BCUT2D eigenvalue weighted by atomic mass is 10.1. The molecule has 2 aromatic rings. The first kappa shape index (κ1) is 12.2. The molecule has 4 heteroatoms. The zero-order valence-corrected chi connectivity index (χ0v) is 12.2. The molecule has 0 radical (unpaired) electrons. The molecule has 1 saturated carbocycles. The molecule has 1 aliphatic heterocycles. The van der Waals surface area contributed by atoms with Crippen molar-refractivity contribution in [2.45, 2.75) is 32.6 Å². The largest absolute Gasteiger partial charge is 0.440 e. The molecule has 4 nitrogen and oxygen atoms in total. The van der Waals surface area contributed by atoms with Crippen LogP contribution in [0.5, 0.6) is 0 Å². The molecule has 1 saturated heterocycles. The van der Waals surface area contributed by atoms with Crippen LogP contribution in [0.4, 0.5) is 5.69 Å². The zero-order chi connectivity index (χ0) is 13.7. The molecule has 0 unspecified atom stereocenters. The maximum Gasteiger partial charge on any atom is 0.198 e. The molecule has 2 heterocycles. The van der Waals surface area contributed by atoms with Crippen LogP contribution in [0.15, 0.2) is 10.5 Å². The molecular weight excluding hydrogens is 250 g/mol. The fraction of sp³-hybridized carbons (Fsp3) is 0.562. The number of hydrogen-bond acceptors (Lipinski definition) is 4. The van der Waals surface area contributed by atoms with Crippen LogP contribution in [0, 0.1) is 13.8 Å². The SMILES string of the molecule is Cc1c(N2CCNCC2)cc2nc(C3CC3)oc2c1C. The number of oxazole rings is 1. The highest BCUT2D eigenvalue weighted by Gasteiger charge is 2.29. The molecule has 4 rings (SSSR count). The number of fused-ring (bicyclic) bond motifs is 1. The Morgan fingerprint density at radius 1 is 1.20 bits per heavy atom. The Hall–Kier alpha value is -1.55. The average Bonchev–Trinajstić information content (AvgIpc) is 3.24. The third kappa shape index (κ3) is 1.90. The van der Waals surface area contributed by atoms with Crippen molar-refractivity contribution in [1.82, 2.24) is 10.3 Å². The van der Waals surface area contributed by atoms with Crippen LogP contribution in [-0.2, 0) is 0 Å². The lowest BCUT2D eigenvalue weighted by molar-refractivity contribution is 0.531. The van der Waals surface area contributed by atoms with Gasteiger partial charge in [-0.2, -0.15) is 0 Å². The number of rotatable bonds is 2. The summed E-state index contributed by atoms with van der Waals surface area (Å²) in [7, 11) is 0. The molecule has 20 heavy (non-hydrogen) atoms. The quantitative estimate of drug-likeness (QED) is 0.912. The maximum absolute atomic E-state index is 6.00. The molecule has 0 atom stereocenters. The summed E-state index contributed by atoms with van der Waals surface area (Å²) in [4.78, 5) is 7.19. The first-order valence-electron chi connectivity index (χ1n) is 7.60. The van der Waals surface area contributed by atoms with E-state index in [0.717, 1.165) is 43.2 Å². The second-order valence-corrected chi connectivity index (χ2v) is 6.06. The van der Waals surface area contributed by atoms with Gasteiger partial charge in [0.05, 0.1) is 0 Å². The highest BCUT2D eigenvalue weighted by Crippen LogP contribution is 2.42. The van der Waals surface area contributed by atoms with Gasteiger partial charge in [-0.3, -0.25) is 0 Å². The Morgan fingerprint density at radius 3 is 2.65 bits per heavy atom. The molecule has 0 spiro atoms. The molecule has 106 valence electrons. The van der Waals surface area contributed by atoms with Gasteiger partial charge in [0.2, 0.25) is 0 Å². The highest BCUT2D eigenvalue weighted by atomic mass is 16.3. The number of nitrogens with one attached hydrogen (secondary N) is 1. The molecule has 0 bridgehead atoms. The molecule has 1 N–H and O–H groups in total. The van der Waals surface area contributed by atoms with Gasteiger partial charge in [0.15, 0.2) is 11.5 Å². The topological polar surface area (TPSA) is 41.3 Å². The van der Waals surface area contributed by atoms with E-state index >= 15 is 0 Å². The highest BCUT2D eigenvalue weighted by molar-refractivity contribution is 5.84. The van der Waals surface area contributed by atoms with E-state index in [2.05, 4.69) is 30.1 Å². The Balaban J connectivity index is 1.82. The monoisotopic (exact) mass is 271 g/mol.